The second kappa shape index (κ2) is 9.08. The summed E-state index contributed by atoms with van der Waals surface area (Å²) in [6.07, 6.45) is -17.2. The molecule has 0 aromatic heterocycles. The third kappa shape index (κ3) is 7.82. The third-order valence-corrected chi connectivity index (χ3v) is 2.80. The van der Waals surface area contributed by atoms with E-state index in [1.165, 1.54) is 0 Å². The molecule has 0 saturated carbocycles. The normalized spacial score (nSPS) is 15.3. The SMILES string of the molecule is C=CCCCCC(O)COCC(F)(F)C(F)(F)OC(F)(F)C(F)(F)F. The van der Waals surface area contributed by atoms with Crippen molar-refractivity contribution in [3.05, 3.63) is 12.7 Å². The zero-order valence-electron chi connectivity index (χ0n) is 12.8. The van der Waals surface area contributed by atoms with Crippen LogP contribution in [0.15, 0.2) is 12.7 Å². The molecule has 0 aliphatic heterocycles. The molecule has 1 N–H and O–H groups in total. The molecule has 0 saturated heterocycles. The first kappa shape index (κ1) is 24.0. The number of unbranched alkanes of at least 4 members (excludes halogenated alkanes) is 2. The van der Waals surface area contributed by atoms with Crippen LogP contribution >= 0.6 is 0 Å². The van der Waals surface area contributed by atoms with Gasteiger partial charge in [-0.05, 0) is 19.3 Å². The fourth-order valence-corrected chi connectivity index (χ4v) is 1.45. The first-order chi connectivity index (χ1) is 11.2. The summed E-state index contributed by atoms with van der Waals surface area (Å²) in [5.74, 6) is -5.48. The van der Waals surface area contributed by atoms with Gasteiger partial charge in [0.15, 0.2) is 0 Å². The van der Waals surface area contributed by atoms with Gasteiger partial charge in [-0.25, -0.2) is 4.74 Å². The highest BCUT2D eigenvalue weighted by Gasteiger charge is 2.70. The van der Waals surface area contributed by atoms with Crippen molar-refractivity contribution in [2.75, 3.05) is 13.2 Å². The topological polar surface area (TPSA) is 38.7 Å². The Morgan fingerprint density at radius 3 is 1.96 bits per heavy atom. The van der Waals surface area contributed by atoms with E-state index in [0.717, 1.165) is 0 Å². The lowest BCUT2D eigenvalue weighted by molar-refractivity contribution is -0.488. The molecule has 0 aromatic rings. The van der Waals surface area contributed by atoms with Gasteiger partial charge >= 0.3 is 24.3 Å². The maximum atomic E-state index is 13.1. The van der Waals surface area contributed by atoms with Gasteiger partial charge in [0, 0.05) is 0 Å². The van der Waals surface area contributed by atoms with Gasteiger partial charge in [-0.15, -0.1) is 6.58 Å². The van der Waals surface area contributed by atoms with E-state index >= 15 is 0 Å². The predicted octanol–water partition coefficient (Wildman–Crippen LogP) is 4.51. The van der Waals surface area contributed by atoms with Gasteiger partial charge in [0.2, 0.25) is 0 Å². The van der Waals surface area contributed by atoms with Crippen molar-refractivity contribution < 1.29 is 54.1 Å². The summed E-state index contributed by atoms with van der Waals surface area (Å²) < 4.78 is 118. The molecule has 0 aliphatic rings. The second-order valence-corrected chi connectivity index (χ2v) is 5.08. The molecule has 0 rings (SSSR count). The number of aliphatic hydroxyl groups is 1. The number of halogens is 9. The van der Waals surface area contributed by atoms with Crippen molar-refractivity contribution in [1.82, 2.24) is 0 Å². The van der Waals surface area contributed by atoms with E-state index in [9.17, 15) is 44.6 Å². The van der Waals surface area contributed by atoms with Gasteiger partial charge in [-0.1, -0.05) is 12.5 Å². The number of alkyl halides is 9. The van der Waals surface area contributed by atoms with Crippen LogP contribution in [0.1, 0.15) is 25.7 Å². The quantitative estimate of drug-likeness (QED) is 0.302. The van der Waals surface area contributed by atoms with Crippen molar-refractivity contribution >= 4 is 0 Å². The second-order valence-electron chi connectivity index (χ2n) is 5.08. The Hall–Kier alpha value is -1.01. The van der Waals surface area contributed by atoms with E-state index in [1.54, 1.807) is 6.08 Å². The molecule has 0 spiro atoms. The lowest BCUT2D eigenvalue weighted by Crippen LogP contribution is -2.53. The first-order valence-corrected chi connectivity index (χ1v) is 6.93. The van der Waals surface area contributed by atoms with Gasteiger partial charge < -0.3 is 9.84 Å². The number of hydrogen-bond acceptors (Lipinski definition) is 3. The summed E-state index contributed by atoms with van der Waals surface area (Å²) in [6.45, 7) is 0.378. The molecule has 12 heteroatoms. The Bertz CT molecular complexity index is 410. The van der Waals surface area contributed by atoms with E-state index in [2.05, 4.69) is 11.3 Å². The number of aliphatic hydroxyl groups excluding tert-OH is 1. The van der Waals surface area contributed by atoms with E-state index in [-0.39, 0.29) is 6.42 Å². The van der Waals surface area contributed by atoms with Crippen molar-refractivity contribution in [1.29, 1.82) is 0 Å². The standard InChI is InChI=1S/C13H17F9O3/c1-2-3-4-5-6-9(23)7-24-8-10(14,15)12(19,20)25-13(21,22)11(16,17)18/h2,9,23H,1,3-8H2. The Morgan fingerprint density at radius 2 is 1.48 bits per heavy atom. The highest BCUT2D eigenvalue weighted by atomic mass is 19.4. The van der Waals surface area contributed by atoms with Crippen LogP contribution in [0.25, 0.3) is 0 Å². The van der Waals surface area contributed by atoms with Gasteiger partial charge in [0.25, 0.3) is 0 Å². The molecule has 0 radical (unpaired) electrons. The zero-order chi connectivity index (χ0) is 19.9. The number of hydrogen-bond donors (Lipinski definition) is 1. The van der Waals surface area contributed by atoms with Crippen LogP contribution in [0.5, 0.6) is 0 Å². The smallest absolute Gasteiger partial charge is 0.391 e. The molecule has 0 amide bonds. The van der Waals surface area contributed by atoms with E-state index in [4.69, 9.17) is 0 Å². The van der Waals surface area contributed by atoms with Crippen LogP contribution in [-0.4, -0.2) is 48.7 Å². The number of ether oxygens (including phenoxy) is 2. The molecule has 150 valence electrons. The largest absolute Gasteiger partial charge is 0.483 e. The number of rotatable bonds is 12. The van der Waals surface area contributed by atoms with Crippen LogP contribution in [0.3, 0.4) is 0 Å². The van der Waals surface area contributed by atoms with Gasteiger partial charge in [0.05, 0.1) is 12.7 Å². The van der Waals surface area contributed by atoms with Crippen molar-refractivity contribution in [3.63, 3.8) is 0 Å². The maximum absolute atomic E-state index is 13.1. The minimum atomic E-state index is -6.60. The monoisotopic (exact) mass is 392 g/mol. The third-order valence-electron chi connectivity index (χ3n) is 2.80. The summed E-state index contributed by atoms with van der Waals surface area (Å²) in [7, 11) is 0. The van der Waals surface area contributed by atoms with Crippen molar-refractivity contribution in [3.8, 4) is 0 Å². The molecular formula is C13H17F9O3. The Labute approximate surface area is 137 Å². The average Bonchev–Trinajstić information content (AvgIpc) is 2.41. The van der Waals surface area contributed by atoms with Crippen LogP contribution < -0.4 is 0 Å². The van der Waals surface area contributed by atoms with E-state index in [1.807, 2.05) is 4.74 Å². The van der Waals surface area contributed by atoms with Gasteiger partial charge in [-0.3, -0.25) is 0 Å². The van der Waals surface area contributed by atoms with E-state index in [0.29, 0.717) is 19.3 Å². The summed E-state index contributed by atoms with van der Waals surface area (Å²) in [6, 6.07) is 0. The Kier molecular flexibility index (Phi) is 8.71. The first-order valence-electron chi connectivity index (χ1n) is 6.93. The molecule has 0 bridgehead atoms. The summed E-state index contributed by atoms with van der Waals surface area (Å²) in [5.41, 5.74) is 0. The highest BCUT2D eigenvalue weighted by Crippen LogP contribution is 2.45. The predicted molar refractivity (Wildman–Crippen MR) is 67.5 cm³/mol. The molecule has 0 aromatic carbocycles. The molecule has 25 heavy (non-hydrogen) atoms. The van der Waals surface area contributed by atoms with Gasteiger partial charge in [-0.2, -0.15) is 39.5 Å². The molecule has 1 unspecified atom stereocenters. The highest BCUT2D eigenvalue weighted by molar-refractivity contribution is 4.80. The van der Waals surface area contributed by atoms with E-state index < -0.39 is 43.6 Å². The van der Waals surface area contributed by atoms with Crippen LogP contribution in [0.2, 0.25) is 0 Å². The summed E-state index contributed by atoms with van der Waals surface area (Å²) >= 11 is 0. The maximum Gasteiger partial charge on any atom is 0.483 e. The number of allylic oxidation sites excluding steroid dienone is 1. The Morgan fingerprint density at radius 1 is 0.920 bits per heavy atom. The minimum Gasteiger partial charge on any atom is -0.391 e. The average molecular weight is 392 g/mol. The lowest BCUT2D eigenvalue weighted by atomic mass is 10.1. The molecule has 0 aliphatic carbocycles. The summed E-state index contributed by atoms with van der Waals surface area (Å²) in [4.78, 5) is 0. The molecule has 0 fully saturated rings. The van der Waals surface area contributed by atoms with Gasteiger partial charge in [0.1, 0.15) is 6.61 Å². The molecule has 3 nitrogen and oxygen atoms in total. The fraction of sp³-hybridized carbons (Fsp3) is 0.846. The Balaban J connectivity index is 4.52. The van der Waals surface area contributed by atoms with Crippen molar-refractivity contribution in [2.45, 2.75) is 56.1 Å². The minimum absolute atomic E-state index is 0.0818. The van der Waals surface area contributed by atoms with Crippen LogP contribution in [-0.2, 0) is 9.47 Å². The molecule has 1 atom stereocenters. The van der Waals surface area contributed by atoms with Crippen molar-refractivity contribution in [2.24, 2.45) is 0 Å². The fourth-order valence-electron chi connectivity index (χ4n) is 1.45. The van der Waals surface area contributed by atoms with Crippen LogP contribution in [0.4, 0.5) is 39.5 Å². The molecule has 0 heterocycles. The zero-order valence-corrected chi connectivity index (χ0v) is 12.8. The molecular weight excluding hydrogens is 375 g/mol. The lowest BCUT2D eigenvalue weighted by Gasteiger charge is -2.30. The van der Waals surface area contributed by atoms with Crippen LogP contribution in [0, 0.1) is 0 Å². The summed E-state index contributed by atoms with van der Waals surface area (Å²) in [5, 5.41) is 9.36.